The molecule has 20 heavy (non-hydrogen) atoms. The van der Waals surface area contributed by atoms with Crippen molar-refractivity contribution < 1.29 is 4.92 Å². The maximum Gasteiger partial charge on any atom is 0.292 e. The van der Waals surface area contributed by atoms with Crippen LogP contribution in [0.2, 0.25) is 0 Å². The van der Waals surface area contributed by atoms with Crippen LogP contribution < -0.4 is 5.73 Å². The SMILES string of the molecule is CCc1c(C)nn(Cc2ccc([N+](=O)[O-])c(N)c2)c1C. The minimum Gasteiger partial charge on any atom is -0.393 e. The Hall–Kier alpha value is -2.37. The number of hydrogen-bond donors (Lipinski definition) is 1. The third-order valence-electron chi connectivity index (χ3n) is 3.51. The second-order valence-corrected chi connectivity index (χ2v) is 4.81. The molecule has 0 saturated heterocycles. The Morgan fingerprint density at radius 3 is 2.60 bits per heavy atom. The molecule has 0 aliphatic rings. The second-order valence-electron chi connectivity index (χ2n) is 4.81. The zero-order valence-corrected chi connectivity index (χ0v) is 11.9. The lowest BCUT2D eigenvalue weighted by Gasteiger charge is -2.06. The van der Waals surface area contributed by atoms with Crippen molar-refractivity contribution in [2.45, 2.75) is 33.7 Å². The molecule has 0 radical (unpaired) electrons. The third kappa shape index (κ3) is 2.49. The fourth-order valence-corrected chi connectivity index (χ4v) is 2.44. The van der Waals surface area contributed by atoms with E-state index in [9.17, 15) is 10.1 Å². The van der Waals surface area contributed by atoms with Crippen molar-refractivity contribution in [1.29, 1.82) is 0 Å². The molecule has 0 amide bonds. The van der Waals surface area contributed by atoms with Gasteiger partial charge in [0.2, 0.25) is 0 Å². The normalized spacial score (nSPS) is 10.8. The lowest BCUT2D eigenvalue weighted by Crippen LogP contribution is -2.05. The summed E-state index contributed by atoms with van der Waals surface area (Å²) in [6.45, 7) is 6.69. The Kier molecular flexibility index (Phi) is 3.74. The number of nitrogens with two attached hydrogens (primary N) is 1. The van der Waals surface area contributed by atoms with Crippen LogP contribution in [-0.4, -0.2) is 14.7 Å². The first-order valence-electron chi connectivity index (χ1n) is 6.49. The molecular formula is C14H18N4O2. The number of nitrogens with zero attached hydrogens (tertiary/aromatic N) is 3. The Morgan fingerprint density at radius 2 is 2.10 bits per heavy atom. The predicted octanol–water partition coefficient (Wildman–Crippen LogP) is 2.60. The van der Waals surface area contributed by atoms with E-state index in [1.807, 2.05) is 18.5 Å². The summed E-state index contributed by atoms with van der Waals surface area (Å²) in [6.07, 6.45) is 0.945. The number of aryl methyl sites for hydroxylation is 1. The van der Waals surface area contributed by atoms with E-state index in [1.165, 1.54) is 11.6 Å². The minimum atomic E-state index is -0.475. The molecule has 0 bridgehead atoms. The molecular weight excluding hydrogens is 256 g/mol. The topological polar surface area (TPSA) is 87.0 Å². The van der Waals surface area contributed by atoms with Gasteiger partial charge in [-0.2, -0.15) is 5.10 Å². The van der Waals surface area contributed by atoms with Gasteiger partial charge < -0.3 is 5.73 Å². The molecule has 1 aromatic heterocycles. The summed E-state index contributed by atoms with van der Waals surface area (Å²) in [5.74, 6) is 0. The van der Waals surface area contributed by atoms with E-state index >= 15 is 0 Å². The summed E-state index contributed by atoms with van der Waals surface area (Å²) in [5.41, 5.74) is 10.1. The number of aromatic nitrogens is 2. The van der Waals surface area contributed by atoms with Gasteiger partial charge in [-0.15, -0.1) is 0 Å². The zero-order chi connectivity index (χ0) is 14.9. The van der Waals surface area contributed by atoms with Crippen LogP contribution in [0, 0.1) is 24.0 Å². The molecule has 1 heterocycles. The Balaban J connectivity index is 2.31. The molecule has 0 aliphatic heterocycles. The summed E-state index contributed by atoms with van der Waals surface area (Å²) >= 11 is 0. The van der Waals surface area contributed by atoms with E-state index in [4.69, 9.17) is 5.73 Å². The highest BCUT2D eigenvalue weighted by atomic mass is 16.6. The molecule has 2 N–H and O–H groups in total. The first-order chi connectivity index (χ1) is 9.43. The third-order valence-corrected chi connectivity index (χ3v) is 3.51. The van der Waals surface area contributed by atoms with Crippen LogP contribution in [0.1, 0.15) is 29.4 Å². The van der Waals surface area contributed by atoms with Crippen LogP contribution in [0.15, 0.2) is 18.2 Å². The van der Waals surface area contributed by atoms with Crippen molar-refractivity contribution in [2.24, 2.45) is 0 Å². The number of nitro groups is 1. The van der Waals surface area contributed by atoms with Crippen molar-refractivity contribution in [3.63, 3.8) is 0 Å². The van der Waals surface area contributed by atoms with E-state index in [0.29, 0.717) is 6.54 Å². The van der Waals surface area contributed by atoms with Crippen LogP contribution in [-0.2, 0) is 13.0 Å². The van der Waals surface area contributed by atoms with Gasteiger partial charge in [0.15, 0.2) is 0 Å². The Morgan fingerprint density at radius 1 is 1.40 bits per heavy atom. The van der Waals surface area contributed by atoms with Crippen molar-refractivity contribution in [2.75, 3.05) is 5.73 Å². The fourth-order valence-electron chi connectivity index (χ4n) is 2.44. The lowest BCUT2D eigenvalue weighted by atomic mass is 10.1. The lowest BCUT2D eigenvalue weighted by molar-refractivity contribution is -0.383. The molecule has 0 atom stereocenters. The van der Waals surface area contributed by atoms with Gasteiger partial charge in [-0.1, -0.05) is 13.0 Å². The van der Waals surface area contributed by atoms with Crippen molar-refractivity contribution >= 4 is 11.4 Å². The van der Waals surface area contributed by atoms with E-state index in [1.54, 1.807) is 12.1 Å². The number of anilines is 1. The first-order valence-corrected chi connectivity index (χ1v) is 6.49. The fraction of sp³-hybridized carbons (Fsp3) is 0.357. The number of benzene rings is 1. The standard InChI is InChI=1S/C14H18N4O2/c1-4-12-9(2)16-17(10(12)3)8-11-5-6-14(18(19)20)13(15)7-11/h5-7H,4,8,15H2,1-3H3. The first kappa shape index (κ1) is 14.0. The van der Waals surface area contributed by atoms with E-state index in [-0.39, 0.29) is 11.4 Å². The summed E-state index contributed by atoms with van der Waals surface area (Å²) in [7, 11) is 0. The molecule has 6 heteroatoms. The van der Waals surface area contributed by atoms with Crippen molar-refractivity contribution in [3.05, 3.63) is 50.8 Å². The summed E-state index contributed by atoms with van der Waals surface area (Å²) in [6, 6.07) is 4.80. The van der Waals surface area contributed by atoms with E-state index in [0.717, 1.165) is 23.4 Å². The van der Waals surface area contributed by atoms with Gasteiger partial charge in [0.25, 0.3) is 5.69 Å². The summed E-state index contributed by atoms with van der Waals surface area (Å²) in [4.78, 5) is 10.3. The number of rotatable bonds is 4. The Labute approximate surface area is 117 Å². The van der Waals surface area contributed by atoms with Gasteiger partial charge in [-0.05, 0) is 37.5 Å². The van der Waals surface area contributed by atoms with Gasteiger partial charge in [-0.3, -0.25) is 14.8 Å². The predicted molar refractivity (Wildman–Crippen MR) is 77.7 cm³/mol. The van der Waals surface area contributed by atoms with Crippen LogP contribution in [0.4, 0.5) is 11.4 Å². The maximum absolute atomic E-state index is 10.7. The van der Waals surface area contributed by atoms with Crippen LogP contribution in [0.5, 0.6) is 0 Å². The smallest absolute Gasteiger partial charge is 0.292 e. The summed E-state index contributed by atoms with van der Waals surface area (Å²) < 4.78 is 1.91. The molecule has 0 spiro atoms. The molecule has 0 fully saturated rings. The van der Waals surface area contributed by atoms with Crippen LogP contribution >= 0.6 is 0 Å². The monoisotopic (exact) mass is 274 g/mol. The van der Waals surface area contributed by atoms with Crippen LogP contribution in [0.3, 0.4) is 0 Å². The zero-order valence-electron chi connectivity index (χ0n) is 11.9. The van der Waals surface area contributed by atoms with Gasteiger partial charge in [0, 0.05) is 11.8 Å². The van der Waals surface area contributed by atoms with Gasteiger partial charge in [0.05, 0.1) is 17.2 Å². The van der Waals surface area contributed by atoms with E-state index < -0.39 is 4.92 Å². The molecule has 1 aromatic carbocycles. The van der Waals surface area contributed by atoms with Gasteiger partial charge in [0.1, 0.15) is 5.69 Å². The van der Waals surface area contributed by atoms with Gasteiger partial charge in [-0.25, -0.2) is 0 Å². The maximum atomic E-state index is 10.7. The average Bonchev–Trinajstić information content (AvgIpc) is 2.63. The number of nitrogen functional groups attached to an aromatic ring is 1. The molecule has 0 unspecified atom stereocenters. The number of hydrogen-bond acceptors (Lipinski definition) is 4. The average molecular weight is 274 g/mol. The highest BCUT2D eigenvalue weighted by Crippen LogP contribution is 2.23. The largest absolute Gasteiger partial charge is 0.393 e. The molecule has 2 rings (SSSR count). The van der Waals surface area contributed by atoms with Crippen molar-refractivity contribution in [1.82, 2.24) is 9.78 Å². The molecule has 6 nitrogen and oxygen atoms in total. The minimum absolute atomic E-state index is 0.0589. The molecule has 106 valence electrons. The molecule has 2 aromatic rings. The summed E-state index contributed by atoms with van der Waals surface area (Å²) in [5, 5.41) is 15.2. The molecule has 0 aliphatic carbocycles. The van der Waals surface area contributed by atoms with Gasteiger partial charge >= 0.3 is 0 Å². The number of nitro benzene ring substituents is 1. The highest BCUT2D eigenvalue weighted by molar-refractivity contribution is 5.59. The van der Waals surface area contributed by atoms with Crippen LogP contribution in [0.25, 0.3) is 0 Å². The highest BCUT2D eigenvalue weighted by Gasteiger charge is 2.13. The van der Waals surface area contributed by atoms with Crippen molar-refractivity contribution in [3.8, 4) is 0 Å². The van der Waals surface area contributed by atoms with E-state index in [2.05, 4.69) is 12.0 Å². The molecule has 0 saturated carbocycles. The Bertz CT molecular complexity index is 661. The quantitative estimate of drug-likeness (QED) is 0.527. The second kappa shape index (κ2) is 5.32.